The molecule has 96 valence electrons. The van der Waals surface area contributed by atoms with Crippen LogP contribution in [-0.2, 0) is 19.7 Å². The molecule has 0 heterocycles. The molecule has 0 bridgehead atoms. The predicted octanol–water partition coefficient (Wildman–Crippen LogP) is 2.89. The van der Waals surface area contributed by atoms with Crippen molar-refractivity contribution in [2.24, 2.45) is 0 Å². The van der Waals surface area contributed by atoms with Gasteiger partial charge >= 0.3 is 5.97 Å². The fourth-order valence-corrected chi connectivity index (χ4v) is 2.90. The predicted molar refractivity (Wildman–Crippen MR) is 68.6 cm³/mol. The Kier molecular flexibility index (Phi) is 3.71. The average molecular weight is 267 g/mol. The van der Waals surface area contributed by atoms with E-state index in [1.807, 2.05) is 18.2 Å². The summed E-state index contributed by atoms with van der Waals surface area (Å²) >= 11 is 6.19. The van der Waals surface area contributed by atoms with Gasteiger partial charge in [-0.05, 0) is 24.5 Å². The van der Waals surface area contributed by atoms with Crippen LogP contribution < -0.4 is 0 Å². The van der Waals surface area contributed by atoms with Crippen LogP contribution >= 0.6 is 11.6 Å². The molecule has 1 aromatic carbocycles. The van der Waals surface area contributed by atoms with Gasteiger partial charge in [0.25, 0.3) is 0 Å². The quantitative estimate of drug-likeness (QED) is 0.773. The Morgan fingerprint density at radius 1 is 1.28 bits per heavy atom. The zero-order chi connectivity index (χ0) is 13.2. The molecule has 1 fully saturated rings. The Bertz CT molecular complexity index is 472. The lowest BCUT2D eigenvalue weighted by Gasteiger charge is -2.34. The van der Waals surface area contributed by atoms with Crippen LogP contribution in [0.4, 0.5) is 0 Å². The van der Waals surface area contributed by atoms with Gasteiger partial charge in [0.1, 0.15) is 5.78 Å². The second-order valence-corrected chi connectivity index (χ2v) is 5.00. The molecule has 3 nitrogen and oxygen atoms in total. The topological polar surface area (TPSA) is 43.4 Å². The lowest BCUT2D eigenvalue weighted by Crippen LogP contribution is -2.41. The van der Waals surface area contributed by atoms with Crippen LogP contribution in [-0.4, -0.2) is 18.9 Å². The number of hydrogen-bond donors (Lipinski definition) is 0. The normalized spacial score (nSPS) is 18.4. The van der Waals surface area contributed by atoms with Crippen molar-refractivity contribution in [2.45, 2.75) is 31.1 Å². The Morgan fingerprint density at radius 3 is 2.44 bits per heavy atom. The van der Waals surface area contributed by atoms with E-state index in [0.29, 0.717) is 30.7 Å². The molecule has 4 heteroatoms. The first-order chi connectivity index (χ1) is 8.60. The minimum atomic E-state index is -0.763. The zero-order valence-electron chi connectivity index (χ0n) is 10.2. The van der Waals surface area contributed by atoms with E-state index in [1.165, 1.54) is 7.11 Å². The lowest BCUT2D eigenvalue weighted by molar-refractivity contribution is -0.149. The Balaban J connectivity index is 2.46. The van der Waals surface area contributed by atoms with Crippen molar-refractivity contribution in [3.05, 3.63) is 34.9 Å². The molecule has 0 amide bonds. The number of methoxy groups -OCH3 is 1. The number of rotatable bonds is 2. The molecule has 0 unspecified atom stereocenters. The van der Waals surface area contributed by atoms with Gasteiger partial charge in [-0.15, -0.1) is 0 Å². The Hall–Kier alpha value is -1.35. The number of esters is 1. The molecule has 0 N–H and O–H groups in total. The summed E-state index contributed by atoms with van der Waals surface area (Å²) in [6.45, 7) is 0. The number of ketones is 1. The van der Waals surface area contributed by atoms with E-state index in [0.717, 1.165) is 5.56 Å². The Morgan fingerprint density at radius 2 is 1.89 bits per heavy atom. The van der Waals surface area contributed by atoms with Crippen LogP contribution in [0.5, 0.6) is 0 Å². The molecular formula is C14H15ClO3. The summed E-state index contributed by atoms with van der Waals surface area (Å²) in [4.78, 5) is 23.5. The molecule has 1 aliphatic carbocycles. The molecule has 1 aliphatic rings. The monoisotopic (exact) mass is 266 g/mol. The van der Waals surface area contributed by atoms with Crippen molar-refractivity contribution in [1.82, 2.24) is 0 Å². The van der Waals surface area contributed by atoms with Crippen molar-refractivity contribution in [3.63, 3.8) is 0 Å². The van der Waals surface area contributed by atoms with Crippen LogP contribution in [0.15, 0.2) is 24.3 Å². The van der Waals surface area contributed by atoms with Gasteiger partial charge < -0.3 is 4.74 Å². The Labute approximate surface area is 111 Å². The number of halogens is 1. The summed E-state index contributed by atoms with van der Waals surface area (Å²) in [5.41, 5.74) is 0.00657. The maximum absolute atomic E-state index is 12.2. The summed E-state index contributed by atoms with van der Waals surface area (Å²) in [6, 6.07) is 7.28. The van der Waals surface area contributed by atoms with Crippen LogP contribution in [0.25, 0.3) is 0 Å². The van der Waals surface area contributed by atoms with Crippen LogP contribution in [0, 0.1) is 0 Å². The van der Waals surface area contributed by atoms with Crippen LogP contribution in [0.2, 0.25) is 5.02 Å². The zero-order valence-corrected chi connectivity index (χ0v) is 11.0. The van der Waals surface area contributed by atoms with Crippen LogP contribution in [0.1, 0.15) is 31.2 Å². The third kappa shape index (κ3) is 2.15. The largest absolute Gasteiger partial charge is 0.468 e. The van der Waals surface area contributed by atoms with Gasteiger partial charge in [-0.1, -0.05) is 29.8 Å². The first-order valence-electron chi connectivity index (χ1n) is 5.95. The number of hydrogen-bond acceptors (Lipinski definition) is 3. The van der Waals surface area contributed by atoms with Gasteiger partial charge in [0.15, 0.2) is 0 Å². The third-order valence-electron chi connectivity index (χ3n) is 3.63. The van der Waals surface area contributed by atoms with Crippen molar-refractivity contribution < 1.29 is 14.3 Å². The maximum atomic E-state index is 12.2. The number of benzene rings is 1. The molecule has 1 saturated carbocycles. The van der Waals surface area contributed by atoms with Gasteiger partial charge in [0.2, 0.25) is 0 Å². The first kappa shape index (κ1) is 13.1. The van der Waals surface area contributed by atoms with Gasteiger partial charge in [0.05, 0.1) is 12.5 Å². The first-order valence-corrected chi connectivity index (χ1v) is 6.33. The second-order valence-electron chi connectivity index (χ2n) is 4.59. The third-order valence-corrected chi connectivity index (χ3v) is 3.96. The number of Topliss-reactive ketones (excluding diaryl/α,β-unsaturated/α-hetero) is 1. The summed E-state index contributed by atoms with van der Waals surface area (Å²) in [5.74, 6) is -0.107. The highest BCUT2D eigenvalue weighted by atomic mass is 35.5. The summed E-state index contributed by atoms with van der Waals surface area (Å²) in [6.07, 6.45) is 1.76. The molecule has 0 saturated heterocycles. The van der Waals surface area contributed by atoms with E-state index in [9.17, 15) is 9.59 Å². The summed E-state index contributed by atoms with van der Waals surface area (Å²) in [5, 5.41) is 0.553. The van der Waals surface area contributed by atoms with E-state index < -0.39 is 5.41 Å². The van der Waals surface area contributed by atoms with Crippen molar-refractivity contribution >= 4 is 23.4 Å². The number of carbonyl (C=O) groups is 2. The molecular weight excluding hydrogens is 252 g/mol. The van der Waals surface area contributed by atoms with Crippen LogP contribution in [0.3, 0.4) is 0 Å². The van der Waals surface area contributed by atoms with Gasteiger partial charge in [0, 0.05) is 17.9 Å². The summed E-state index contributed by atoms with van der Waals surface area (Å²) < 4.78 is 4.93. The molecule has 0 spiro atoms. The van der Waals surface area contributed by atoms with Gasteiger partial charge in [-0.2, -0.15) is 0 Å². The average Bonchev–Trinajstić information content (AvgIpc) is 2.40. The molecule has 0 aromatic heterocycles. The molecule has 1 aromatic rings. The van der Waals surface area contributed by atoms with Crippen molar-refractivity contribution in [1.29, 1.82) is 0 Å². The second kappa shape index (κ2) is 5.11. The highest BCUT2D eigenvalue weighted by Crippen LogP contribution is 2.42. The molecule has 0 atom stereocenters. The highest BCUT2D eigenvalue weighted by molar-refractivity contribution is 6.31. The molecule has 18 heavy (non-hydrogen) atoms. The molecule has 2 rings (SSSR count). The van der Waals surface area contributed by atoms with Crippen molar-refractivity contribution in [3.8, 4) is 0 Å². The van der Waals surface area contributed by atoms with E-state index in [4.69, 9.17) is 16.3 Å². The molecule has 0 radical (unpaired) electrons. The minimum absolute atomic E-state index is 0.196. The molecule has 0 aliphatic heterocycles. The minimum Gasteiger partial charge on any atom is -0.468 e. The fraction of sp³-hybridized carbons (Fsp3) is 0.429. The van der Waals surface area contributed by atoms with E-state index in [2.05, 4.69) is 0 Å². The van der Waals surface area contributed by atoms with E-state index in [-0.39, 0.29) is 11.8 Å². The lowest BCUT2D eigenvalue weighted by atomic mass is 9.69. The smallest absolute Gasteiger partial charge is 0.316 e. The van der Waals surface area contributed by atoms with Gasteiger partial charge in [-0.3, -0.25) is 9.59 Å². The summed E-state index contributed by atoms with van der Waals surface area (Å²) in [7, 11) is 1.37. The highest BCUT2D eigenvalue weighted by Gasteiger charge is 2.45. The van der Waals surface area contributed by atoms with E-state index in [1.54, 1.807) is 6.07 Å². The number of ether oxygens (including phenoxy) is 1. The SMILES string of the molecule is COC(=O)C1(c2ccccc2Cl)CCC(=O)CC1. The maximum Gasteiger partial charge on any atom is 0.316 e. The fourth-order valence-electron chi connectivity index (χ4n) is 2.58. The van der Waals surface area contributed by atoms with Crippen molar-refractivity contribution in [2.75, 3.05) is 7.11 Å². The standard InChI is InChI=1S/C14H15ClO3/c1-18-13(17)14(8-6-10(16)7-9-14)11-4-2-3-5-12(11)15/h2-5H,6-9H2,1H3. The number of carbonyl (C=O) groups excluding carboxylic acids is 2. The van der Waals surface area contributed by atoms with Gasteiger partial charge in [-0.25, -0.2) is 0 Å². The van der Waals surface area contributed by atoms with E-state index >= 15 is 0 Å².